The summed E-state index contributed by atoms with van der Waals surface area (Å²) in [4.78, 5) is 4.27. The van der Waals surface area contributed by atoms with Gasteiger partial charge in [0.2, 0.25) is 0 Å². The Kier molecular flexibility index (Phi) is 3.83. The van der Waals surface area contributed by atoms with Crippen LogP contribution in [0, 0.1) is 23.2 Å². The van der Waals surface area contributed by atoms with Gasteiger partial charge >= 0.3 is 0 Å². The highest BCUT2D eigenvalue weighted by Gasteiger charge is 2.29. The van der Waals surface area contributed by atoms with E-state index in [0.717, 1.165) is 25.7 Å². The summed E-state index contributed by atoms with van der Waals surface area (Å²) in [6.45, 7) is 0. The third kappa shape index (κ3) is 2.60. The lowest BCUT2D eigenvalue weighted by Crippen LogP contribution is -2.29. The third-order valence-corrected chi connectivity index (χ3v) is 4.41. The molecular weight excluding hydrogens is 246 g/mol. The van der Waals surface area contributed by atoms with E-state index in [0.29, 0.717) is 12.0 Å². The fourth-order valence-corrected chi connectivity index (χ4v) is 3.29. The lowest BCUT2D eigenvalue weighted by molar-refractivity contribution is 0.258. The lowest BCUT2D eigenvalue weighted by atomic mass is 9.76. The van der Waals surface area contributed by atoms with E-state index in [9.17, 15) is 0 Å². The summed E-state index contributed by atoms with van der Waals surface area (Å²) in [5.74, 6) is 0.851. The van der Waals surface area contributed by atoms with Crippen molar-refractivity contribution in [2.75, 3.05) is 0 Å². The monoisotopic (exact) mass is 265 g/mol. The maximum Gasteiger partial charge on any atom is 0.0655 e. The zero-order valence-corrected chi connectivity index (χ0v) is 11.5. The van der Waals surface area contributed by atoms with Crippen molar-refractivity contribution in [3.63, 3.8) is 0 Å². The molecule has 0 radical (unpaired) electrons. The largest absolute Gasteiger partial charge is 0.383 e. The summed E-state index contributed by atoms with van der Waals surface area (Å²) in [5, 5.41) is 12.5. The van der Waals surface area contributed by atoms with Crippen molar-refractivity contribution < 1.29 is 0 Å². The van der Waals surface area contributed by atoms with Crippen LogP contribution in [0.2, 0.25) is 0 Å². The summed E-state index contributed by atoms with van der Waals surface area (Å²) in [7, 11) is 0. The predicted octanol–water partition coefficient (Wildman–Crippen LogP) is 3.55. The molecule has 1 fully saturated rings. The fraction of sp³-hybridized carbons (Fsp3) is 0.412. The number of benzene rings is 1. The van der Waals surface area contributed by atoms with E-state index in [2.05, 4.69) is 40.6 Å². The Hall–Kier alpha value is -2.08. The molecule has 1 atom stereocenters. The van der Waals surface area contributed by atoms with Crippen LogP contribution in [0.3, 0.4) is 0 Å². The van der Waals surface area contributed by atoms with Gasteiger partial charge in [0.15, 0.2) is 0 Å². The average Bonchev–Trinajstić information content (AvgIpc) is 2.49. The van der Waals surface area contributed by atoms with Gasteiger partial charge in [0.1, 0.15) is 0 Å². The summed E-state index contributed by atoms with van der Waals surface area (Å²) < 4.78 is 0. The standard InChI is InChI=1S/C17H19N3/c18-11-13-5-7-14(8-6-13)17-16-4-2-1-3-15(16)12-19-9-10-20-17/h1-4,9-10,12-14,17,20H,5-8H2/b10-9-,19-12?. The molecule has 1 aromatic rings. The van der Waals surface area contributed by atoms with Gasteiger partial charge in [-0.05, 0) is 42.7 Å². The Bertz CT molecular complexity index is 560. The van der Waals surface area contributed by atoms with E-state index in [4.69, 9.17) is 5.26 Å². The number of hydrogen-bond acceptors (Lipinski definition) is 3. The molecule has 102 valence electrons. The minimum absolute atomic E-state index is 0.257. The van der Waals surface area contributed by atoms with Crippen LogP contribution in [0.4, 0.5) is 0 Å². The molecule has 1 aromatic carbocycles. The molecule has 1 N–H and O–H groups in total. The Morgan fingerprint density at radius 2 is 1.95 bits per heavy atom. The van der Waals surface area contributed by atoms with E-state index in [1.165, 1.54) is 11.1 Å². The molecule has 1 aliphatic carbocycles. The quantitative estimate of drug-likeness (QED) is 0.844. The van der Waals surface area contributed by atoms with Crippen LogP contribution in [0.5, 0.6) is 0 Å². The molecular formula is C17H19N3. The molecule has 0 spiro atoms. The van der Waals surface area contributed by atoms with E-state index in [1.807, 2.05) is 18.6 Å². The molecule has 0 amide bonds. The van der Waals surface area contributed by atoms with Gasteiger partial charge < -0.3 is 5.32 Å². The second kappa shape index (κ2) is 5.92. The molecule has 20 heavy (non-hydrogen) atoms. The molecule has 2 aliphatic rings. The van der Waals surface area contributed by atoms with Gasteiger partial charge in [-0.25, -0.2) is 0 Å². The maximum atomic E-state index is 9.03. The van der Waals surface area contributed by atoms with Crippen molar-refractivity contribution >= 4 is 6.21 Å². The molecule has 0 bridgehead atoms. The number of nitrogens with one attached hydrogen (secondary N) is 1. The molecule has 1 saturated carbocycles. The van der Waals surface area contributed by atoms with Crippen LogP contribution in [0.1, 0.15) is 42.9 Å². The first-order valence-electron chi connectivity index (χ1n) is 7.31. The number of fused-ring (bicyclic) bond motifs is 1. The van der Waals surface area contributed by atoms with Crippen LogP contribution in [-0.4, -0.2) is 6.21 Å². The average molecular weight is 265 g/mol. The highest BCUT2D eigenvalue weighted by atomic mass is 14.9. The summed E-state index contributed by atoms with van der Waals surface area (Å²) in [6, 6.07) is 11.2. The van der Waals surface area contributed by atoms with Crippen LogP contribution < -0.4 is 5.32 Å². The van der Waals surface area contributed by atoms with E-state index in [1.54, 1.807) is 0 Å². The van der Waals surface area contributed by atoms with Gasteiger partial charge in [-0.3, -0.25) is 4.99 Å². The highest BCUT2D eigenvalue weighted by Crippen LogP contribution is 2.37. The van der Waals surface area contributed by atoms with Crippen molar-refractivity contribution in [2.45, 2.75) is 31.7 Å². The summed E-state index contributed by atoms with van der Waals surface area (Å²) in [6.07, 6.45) is 9.97. The fourth-order valence-electron chi connectivity index (χ4n) is 3.29. The van der Waals surface area contributed by atoms with E-state index >= 15 is 0 Å². The number of rotatable bonds is 1. The molecule has 0 saturated heterocycles. The number of hydrogen-bond donors (Lipinski definition) is 1. The van der Waals surface area contributed by atoms with Crippen molar-refractivity contribution in [1.29, 1.82) is 5.26 Å². The molecule has 3 nitrogen and oxygen atoms in total. The minimum atomic E-state index is 0.257. The topological polar surface area (TPSA) is 48.2 Å². The molecule has 3 rings (SSSR count). The lowest BCUT2D eigenvalue weighted by Gasteiger charge is -2.33. The van der Waals surface area contributed by atoms with Gasteiger partial charge in [-0.1, -0.05) is 24.3 Å². The smallest absolute Gasteiger partial charge is 0.0655 e. The van der Waals surface area contributed by atoms with Gasteiger partial charge in [0, 0.05) is 24.5 Å². The third-order valence-electron chi connectivity index (χ3n) is 4.41. The zero-order chi connectivity index (χ0) is 13.8. The van der Waals surface area contributed by atoms with Crippen molar-refractivity contribution in [3.8, 4) is 6.07 Å². The molecule has 3 heteroatoms. The van der Waals surface area contributed by atoms with Gasteiger partial charge in [0.25, 0.3) is 0 Å². The van der Waals surface area contributed by atoms with Crippen molar-refractivity contribution in [1.82, 2.24) is 5.32 Å². The van der Waals surface area contributed by atoms with Crippen LogP contribution >= 0.6 is 0 Å². The van der Waals surface area contributed by atoms with Crippen molar-refractivity contribution in [3.05, 3.63) is 47.8 Å². The van der Waals surface area contributed by atoms with Gasteiger partial charge in [-0.2, -0.15) is 5.26 Å². The second-order valence-corrected chi connectivity index (χ2v) is 5.61. The first-order valence-corrected chi connectivity index (χ1v) is 7.31. The zero-order valence-electron chi connectivity index (χ0n) is 11.5. The SMILES string of the molecule is N#CC1CCC(C2N/C=C\N=Cc3ccccc32)CC1. The Morgan fingerprint density at radius 3 is 2.75 bits per heavy atom. The highest BCUT2D eigenvalue weighted by molar-refractivity contribution is 5.82. The normalized spacial score (nSPS) is 30.2. The summed E-state index contributed by atoms with van der Waals surface area (Å²) in [5.41, 5.74) is 2.51. The molecule has 1 unspecified atom stereocenters. The molecule has 1 heterocycles. The van der Waals surface area contributed by atoms with Crippen molar-refractivity contribution in [2.24, 2.45) is 16.8 Å². The Labute approximate surface area is 120 Å². The number of aliphatic imine (C=N–C) groups is 1. The van der Waals surface area contributed by atoms with Gasteiger partial charge in [-0.15, -0.1) is 0 Å². The van der Waals surface area contributed by atoms with Gasteiger partial charge in [0.05, 0.1) is 12.1 Å². The molecule has 1 aliphatic heterocycles. The number of nitriles is 1. The van der Waals surface area contributed by atoms with E-state index < -0.39 is 0 Å². The predicted molar refractivity (Wildman–Crippen MR) is 80.1 cm³/mol. The summed E-state index contributed by atoms with van der Waals surface area (Å²) >= 11 is 0. The van der Waals surface area contributed by atoms with Crippen LogP contribution in [-0.2, 0) is 0 Å². The number of nitrogens with zero attached hydrogens (tertiary/aromatic N) is 2. The van der Waals surface area contributed by atoms with Crippen LogP contribution in [0.15, 0.2) is 41.7 Å². The van der Waals surface area contributed by atoms with E-state index in [-0.39, 0.29) is 5.92 Å². The maximum absolute atomic E-state index is 9.03. The second-order valence-electron chi connectivity index (χ2n) is 5.61. The Balaban J connectivity index is 1.85. The molecule has 0 aromatic heterocycles. The Morgan fingerprint density at radius 1 is 1.15 bits per heavy atom. The minimum Gasteiger partial charge on any atom is -0.383 e. The first-order chi connectivity index (χ1) is 9.88. The van der Waals surface area contributed by atoms with Crippen LogP contribution in [0.25, 0.3) is 0 Å². The first kappa shape index (κ1) is 12.9.